The largest absolute Gasteiger partial charge is 0.397 e. The van der Waals surface area contributed by atoms with Gasteiger partial charge in [0.15, 0.2) is 0 Å². The fourth-order valence-corrected chi connectivity index (χ4v) is 2.00. The number of hydrogen-bond acceptors (Lipinski definition) is 4. The molecular weight excluding hydrogens is 230 g/mol. The summed E-state index contributed by atoms with van der Waals surface area (Å²) in [7, 11) is 0. The van der Waals surface area contributed by atoms with Gasteiger partial charge in [0.25, 0.3) is 0 Å². The third-order valence-corrected chi connectivity index (χ3v) is 3.13. The van der Waals surface area contributed by atoms with Gasteiger partial charge in [-0.05, 0) is 18.6 Å². The summed E-state index contributed by atoms with van der Waals surface area (Å²) < 4.78 is 5.55. The number of aromatic nitrogens is 1. The number of rotatable bonds is 3. The molecular formula is C13H19N3O2. The molecule has 1 aromatic rings. The van der Waals surface area contributed by atoms with Crippen LogP contribution in [0.1, 0.15) is 19.0 Å². The van der Waals surface area contributed by atoms with Gasteiger partial charge in [-0.1, -0.05) is 6.92 Å². The number of ether oxygens (including phenoxy) is 1. The van der Waals surface area contributed by atoms with E-state index in [1.165, 1.54) is 0 Å². The summed E-state index contributed by atoms with van der Waals surface area (Å²) in [5, 5.41) is 0. The van der Waals surface area contributed by atoms with Crippen molar-refractivity contribution in [3.05, 3.63) is 24.0 Å². The average molecular weight is 249 g/mol. The topological polar surface area (TPSA) is 68.5 Å². The van der Waals surface area contributed by atoms with Crippen LogP contribution in [0, 0.1) is 0 Å². The third kappa shape index (κ3) is 3.20. The van der Waals surface area contributed by atoms with Gasteiger partial charge in [-0.2, -0.15) is 0 Å². The molecule has 1 fully saturated rings. The highest BCUT2D eigenvalue weighted by molar-refractivity contribution is 5.78. The summed E-state index contributed by atoms with van der Waals surface area (Å²) >= 11 is 0. The van der Waals surface area contributed by atoms with E-state index in [0.29, 0.717) is 31.8 Å². The van der Waals surface area contributed by atoms with Crippen LogP contribution in [0.25, 0.3) is 0 Å². The molecule has 18 heavy (non-hydrogen) atoms. The highest BCUT2D eigenvalue weighted by Gasteiger charge is 2.23. The molecule has 1 aliphatic heterocycles. The van der Waals surface area contributed by atoms with E-state index in [0.717, 1.165) is 12.1 Å². The summed E-state index contributed by atoms with van der Waals surface area (Å²) in [4.78, 5) is 18.1. The molecule has 5 heteroatoms. The maximum atomic E-state index is 12.1. The molecule has 98 valence electrons. The molecule has 0 saturated carbocycles. The van der Waals surface area contributed by atoms with Gasteiger partial charge in [0, 0.05) is 18.8 Å². The van der Waals surface area contributed by atoms with Gasteiger partial charge in [-0.3, -0.25) is 9.78 Å². The van der Waals surface area contributed by atoms with E-state index in [1.54, 1.807) is 18.3 Å². The Morgan fingerprint density at radius 3 is 3.11 bits per heavy atom. The molecule has 1 aliphatic rings. The minimum Gasteiger partial charge on any atom is -0.397 e. The van der Waals surface area contributed by atoms with Gasteiger partial charge in [0.05, 0.1) is 31.0 Å². The van der Waals surface area contributed by atoms with Crippen molar-refractivity contribution in [1.82, 2.24) is 9.88 Å². The summed E-state index contributed by atoms with van der Waals surface area (Å²) in [6, 6.07) is 3.56. The molecule has 1 unspecified atom stereocenters. The number of nitrogens with zero attached hydrogens (tertiary/aromatic N) is 2. The van der Waals surface area contributed by atoms with Gasteiger partial charge >= 0.3 is 0 Å². The average Bonchev–Trinajstić information content (AvgIpc) is 2.41. The number of carbonyl (C=O) groups excluding carboxylic acids is 1. The molecule has 0 aliphatic carbocycles. The van der Waals surface area contributed by atoms with Crippen molar-refractivity contribution < 1.29 is 9.53 Å². The molecule has 0 bridgehead atoms. The van der Waals surface area contributed by atoms with E-state index < -0.39 is 0 Å². The number of hydrogen-bond donors (Lipinski definition) is 1. The van der Waals surface area contributed by atoms with Crippen LogP contribution in [0.3, 0.4) is 0 Å². The van der Waals surface area contributed by atoms with Gasteiger partial charge < -0.3 is 15.4 Å². The molecule has 1 atom stereocenters. The lowest BCUT2D eigenvalue weighted by Gasteiger charge is -2.32. The van der Waals surface area contributed by atoms with Crippen molar-refractivity contribution >= 4 is 11.6 Å². The predicted molar refractivity (Wildman–Crippen MR) is 69.0 cm³/mol. The highest BCUT2D eigenvalue weighted by atomic mass is 16.5. The van der Waals surface area contributed by atoms with Gasteiger partial charge in [0.2, 0.25) is 5.91 Å². The summed E-state index contributed by atoms with van der Waals surface area (Å²) in [5.41, 5.74) is 6.93. The van der Waals surface area contributed by atoms with E-state index in [-0.39, 0.29) is 12.0 Å². The Bertz CT molecular complexity index is 405. The van der Waals surface area contributed by atoms with Crippen molar-refractivity contribution in [1.29, 1.82) is 0 Å². The number of amides is 1. The molecule has 1 aromatic heterocycles. The van der Waals surface area contributed by atoms with E-state index in [4.69, 9.17) is 10.5 Å². The quantitative estimate of drug-likeness (QED) is 0.862. The molecule has 0 aromatic carbocycles. The van der Waals surface area contributed by atoms with Crippen LogP contribution in [-0.4, -0.2) is 41.6 Å². The van der Waals surface area contributed by atoms with Crippen LogP contribution in [0.4, 0.5) is 5.69 Å². The molecule has 1 saturated heterocycles. The Morgan fingerprint density at radius 1 is 1.61 bits per heavy atom. The lowest BCUT2D eigenvalue weighted by atomic mass is 10.2. The molecule has 0 spiro atoms. The predicted octanol–water partition coefficient (Wildman–Crippen LogP) is 0.844. The Morgan fingerprint density at radius 2 is 2.44 bits per heavy atom. The lowest BCUT2D eigenvalue weighted by molar-refractivity contribution is -0.138. The van der Waals surface area contributed by atoms with Gasteiger partial charge in [0.1, 0.15) is 0 Å². The number of carbonyl (C=O) groups is 1. The van der Waals surface area contributed by atoms with Crippen molar-refractivity contribution in [3.8, 4) is 0 Å². The van der Waals surface area contributed by atoms with Crippen LogP contribution in [-0.2, 0) is 16.0 Å². The summed E-state index contributed by atoms with van der Waals surface area (Å²) in [6.07, 6.45) is 3.01. The molecule has 1 amide bonds. The summed E-state index contributed by atoms with van der Waals surface area (Å²) in [5.74, 6) is 0.106. The molecule has 2 heterocycles. The van der Waals surface area contributed by atoms with Gasteiger partial charge in [-0.15, -0.1) is 0 Å². The van der Waals surface area contributed by atoms with Crippen molar-refractivity contribution in [2.45, 2.75) is 25.9 Å². The van der Waals surface area contributed by atoms with E-state index in [1.807, 2.05) is 4.90 Å². The van der Waals surface area contributed by atoms with E-state index in [2.05, 4.69) is 11.9 Å². The van der Waals surface area contributed by atoms with E-state index in [9.17, 15) is 4.79 Å². The Kier molecular flexibility index (Phi) is 4.15. The van der Waals surface area contributed by atoms with Crippen molar-refractivity contribution in [3.63, 3.8) is 0 Å². The maximum Gasteiger partial charge on any atom is 0.228 e. The first-order valence-electron chi connectivity index (χ1n) is 6.29. The first kappa shape index (κ1) is 12.8. The van der Waals surface area contributed by atoms with Crippen LogP contribution in [0.5, 0.6) is 0 Å². The Balaban J connectivity index is 1.93. The number of morpholine rings is 1. The van der Waals surface area contributed by atoms with Crippen LogP contribution in [0.15, 0.2) is 18.3 Å². The number of nitrogen functional groups attached to an aromatic ring is 1. The van der Waals surface area contributed by atoms with Gasteiger partial charge in [-0.25, -0.2) is 0 Å². The SMILES string of the molecule is CCC1CN(C(=O)Cc2ccc(N)cn2)CCO1. The molecule has 5 nitrogen and oxygen atoms in total. The van der Waals surface area contributed by atoms with Crippen molar-refractivity contribution in [2.75, 3.05) is 25.4 Å². The minimum atomic E-state index is 0.106. The zero-order valence-electron chi connectivity index (χ0n) is 10.6. The van der Waals surface area contributed by atoms with Crippen LogP contribution >= 0.6 is 0 Å². The maximum absolute atomic E-state index is 12.1. The molecule has 2 N–H and O–H groups in total. The fraction of sp³-hybridized carbons (Fsp3) is 0.538. The Hall–Kier alpha value is -1.62. The first-order chi connectivity index (χ1) is 8.69. The fourth-order valence-electron chi connectivity index (χ4n) is 2.00. The number of nitrogens with two attached hydrogens (primary N) is 1. The van der Waals surface area contributed by atoms with Crippen LogP contribution < -0.4 is 5.73 Å². The monoisotopic (exact) mass is 249 g/mol. The standard InChI is InChI=1S/C13H19N3O2/c1-2-12-9-16(5-6-18-12)13(17)7-11-4-3-10(14)8-15-11/h3-4,8,12H,2,5-7,9,14H2,1H3. The zero-order valence-corrected chi connectivity index (χ0v) is 10.6. The molecule has 2 rings (SSSR count). The highest BCUT2D eigenvalue weighted by Crippen LogP contribution is 2.10. The van der Waals surface area contributed by atoms with E-state index >= 15 is 0 Å². The van der Waals surface area contributed by atoms with Crippen LogP contribution in [0.2, 0.25) is 0 Å². The molecule has 0 radical (unpaired) electrons. The zero-order chi connectivity index (χ0) is 13.0. The third-order valence-electron chi connectivity index (χ3n) is 3.13. The van der Waals surface area contributed by atoms with Crippen molar-refractivity contribution in [2.24, 2.45) is 0 Å². The number of anilines is 1. The first-order valence-corrected chi connectivity index (χ1v) is 6.29. The minimum absolute atomic E-state index is 0.106. The normalized spacial score (nSPS) is 19.8. The second kappa shape index (κ2) is 5.82. The Labute approximate surface area is 107 Å². The number of pyridine rings is 1. The second-order valence-electron chi connectivity index (χ2n) is 4.50. The smallest absolute Gasteiger partial charge is 0.228 e. The summed E-state index contributed by atoms with van der Waals surface area (Å²) in [6.45, 7) is 4.05. The second-order valence-corrected chi connectivity index (χ2v) is 4.50. The lowest BCUT2D eigenvalue weighted by Crippen LogP contribution is -2.46.